The zero-order valence-corrected chi connectivity index (χ0v) is 25.5. The van der Waals surface area contributed by atoms with Gasteiger partial charge in [-0.25, -0.2) is 15.0 Å². The van der Waals surface area contributed by atoms with Crippen LogP contribution in [0.2, 0.25) is 0 Å². The van der Waals surface area contributed by atoms with E-state index in [1.165, 1.54) is 37.5 Å². The van der Waals surface area contributed by atoms with Gasteiger partial charge in [0.1, 0.15) is 0 Å². The number of nitrogens with zero attached hydrogens (tertiary/aromatic N) is 4. The Hall–Kier alpha value is -5.91. The van der Waals surface area contributed by atoms with E-state index < -0.39 is 0 Å². The van der Waals surface area contributed by atoms with E-state index in [4.69, 9.17) is 15.0 Å². The van der Waals surface area contributed by atoms with Gasteiger partial charge in [-0.3, -0.25) is 0 Å². The molecular weight excluding hydrogens is 581 g/mol. The van der Waals surface area contributed by atoms with Crippen molar-refractivity contribution >= 4 is 43.2 Å². The molecule has 5 heteroatoms. The highest BCUT2D eigenvalue weighted by molar-refractivity contribution is 7.18. The molecule has 0 atom stereocenters. The van der Waals surface area contributed by atoms with Crippen LogP contribution < -0.4 is 0 Å². The summed E-state index contributed by atoms with van der Waals surface area (Å²) in [6.45, 7) is 0. The Morgan fingerprint density at radius 2 is 0.935 bits per heavy atom. The Kier molecular flexibility index (Phi) is 6.28. The molecule has 0 unspecified atom stereocenters. The van der Waals surface area contributed by atoms with Crippen molar-refractivity contribution in [3.8, 4) is 51.0 Å². The van der Waals surface area contributed by atoms with Crippen LogP contribution in [0.4, 0.5) is 0 Å². The summed E-state index contributed by atoms with van der Waals surface area (Å²) in [4.78, 5) is 14.9. The molecule has 216 valence electrons. The molecule has 3 aromatic heterocycles. The van der Waals surface area contributed by atoms with Gasteiger partial charge in [-0.15, -0.1) is 11.3 Å². The topological polar surface area (TPSA) is 43.6 Å². The van der Waals surface area contributed by atoms with E-state index in [9.17, 15) is 0 Å². The van der Waals surface area contributed by atoms with Gasteiger partial charge in [-0.2, -0.15) is 0 Å². The van der Waals surface area contributed by atoms with Crippen molar-refractivity contribution in [2.45, 2.75) is 0 Å². The van der Waals surface area contributed by atoms with Crippen LogP contribution in [0.25, 0.3) is 82.9 Å². The molecule has 46 heavy (non-hydrogen) atoms. The number of thiophene rings is 1. The number of hydrogen-bond donors (Lipinski definition) is 0. The summed E-state index contributed by atoms with van der Waals surface area (Å²) in [5, 5.41) is 6.03. The predicted octanol–water partition coefficient (Wildman–Crippen LogP) is 10.9. The van der Waals surface area contributed by atoms with Crippen molar-refractivity contribution in [1.29, 1.82) is 0 Å². The zero-order valence-electron chi connectivity index (χ0n) is 24.7. The van der Waals surface area contributed by atoms with Crippen LogP contribution in [0.3, 0.4) is 0 Å². The highest BCUT2D eigenvalue weighted by Gasteiger charge is 2.16. The molecule has 0 saturated carbocycles. The molecule has 0 fully saturated rings. The normalized spacial score (nSPS) is 11.5. The number of aromatic nitrogens is 4. The minimum Gasteiger partial charge on any atom is -0.309 e. The van der Waals surface area contributed by atoms with Crippen LogP contribution in [0.1, 0.15) is 0 Å². The average molecular weight is 607 g/mol. The fraction of sp³-hybridized carbons (Fsp3) is 0. The van der Waals surface area contributed by atoms with Crippen molar-refractivity contribution in [1.82, 2.24) is 19.5 Å². The zero-order chi connectivity index (χ0) is 30.5. The van der Waals surface area contributed by atoms with Gasteiger partial charge >= 0.3 is 0 Å². The number of fused-ring (bicyclic) bond motifs is 5. The van der Waals surface area contributed by atoms with Crippen molar-refractivity contribution in [2.24, 2.45) is 0 Å². The van der Waals surface area contributed by atoms with Gasteiger partial charge in [0.2, 0.25) is 0 Å². The molecule has 0 spiro atoms. The molecule has 0 aliphatic heterocycles. The van der Waals surface area contributed by atoms with Gasteiger partial charge in [0.05, 0.1) is 11.0 Å². The Morgan fingerprint density at radius 3 is 1.61 bits per heavy atom. The molecule has 6 aromatic carbocycles. The van der Waals surface area contributed by atoms with Gasteiger partial charge in [0, 0.05) is 37.9 Å². The second kappa shape index (κ2) is 10.9. The third-order valence-electron chi connectivity index (χ3n) is 8.56. The quantitative estimate of drug-likeness (QED) is 0.196. The Balaban J connectivity index is 1.15. The van der Waals surface area contributed by atoms with E-state index in [-0.39, 0.29) is 0 Å². The lowest BCUT2D eigenvalue weighted by molar-refractivity contribution is 1.07. The molecule has 9 rings (SSSR count). The monoisotopic (exact) mass is 606 g/mol. The highest BCUT2D eigenvalue weighted by atomic mass is 32.1. The van der Waals surface area contributed by atoms with Crippen molar-refractivity contribution in [3.05, 3.63) is 157 Å². The fourth-order valence-electron chi connectivity index (χ4n) is 6.31. The summed E-state index contributed by atoms with van der Waals surface area (Å²) in [7, 11) is 0. The summed E-state index contributed by atoms with van der Waals surface area (Å²) < 4.78 is 3.68. The first-order valence-corrected chi connectivity index (χ1v) is 16.2. The molecule has 3 heterocycles. The maximum Gasteiger partial charge on any atom is 0.164 e. The maximum absolute atomic E-state index is 4.99. The summed E-state index contributed by atoms with van der Waals surface area (Å²) in [6, 6.07) is 52.8. The minimum atomic E-state index is 0.644. The largest absolute Gasteiger partial charge is 0.309 e. The van der Waals surface area contributed by atoms with Crippen LogP contribution in [0.15, 0.2) is 157 Å². The van der Waals surface area contributed by atoms with Gasteiger partial charge in [-0.1, -0.05) is 109 Å². The second-order valence-corrected chi connectivity index (χ2v) is 12.2. The SMILES string of the molecule is c1ccc(-c2ccc(-c3nc(-c4ccccc4)nc(-c4ccc(-n5c6ccccc6c6c7sccc7ccc65)cc4)n3)cc2)cc1. The smallest absolute Gasteiger partial charge is 0.164 e. The number of rotatable bonds is 5. The van der Waals surface area contributed by atoms with Gasteiger partial charge in [-0.05, 0) is 64.4 Å². The highest BCUT2D eigenvalue weighted by Crippen LogP contribution is 2.39. The first kappa shape index (κ1) is 26.5. The van der Waals surface area contributed by atoms with Crippen molar-refractivity contribution < 1.29 is 0 Å². The Bertz CT molecular complexity index is 2500. The molecule has 4 nitrogen and oxygen atoms in total. The Morgan fingerprint density at radius 1 is 0.413 bits per heavy atom. The van der Waals surface area contributed by atoms with Crippen LogP contribution in [0, 0.1) is 0 Å². The summed E-state index contributed by atoms with van der Waals surface area (Å²) in [5.74, 6) is 1.94. The van der Waals surface area contributed by atoms with Gasteiger partial charge < -0.3 is 4.57 Å². The van der Waals surface area contributed by atoms with E-state index in [0.29, 0.717) is 17.5 Å². The molecule has 9 aromatic rings. The summed E-state index contributed by atoms with van der Waals surface area (Å²) in [6.07, 6.45) is 0. The van der Waals surface area contributed by atoms with Crippen LogP contribution in [0.5, 0.6) is 0 Å². The number of para-hydroxylation sites is 1. The van der Waals surface area contributed by atoms with E-state index >= 15 is 0 Å². The predicted molar refractivity (Wildman–Crippen MR) is 191 cm³/mol. The fourth-order valence-corrected chi connectivity index (χ4v) is 7.26. The molecular formula is C41H26N4S. The molecule has 0 aliphatic rings. The summed E-state index contributed by atoms with van der Waals surface area (Å²) in [5.41, 5.74) is 8.67. The number of hydrogen-bond acceptors (Lipinski definition) is 4. The third kappa shape index (κ3) is 4.48. The average Bonchev–Trinajstić information content (AvgIpc) is 3.75. The lowest BCUT2D eigenvalue weighted by atomic mass is 10.0. The molecule has 0 saturated heterocycles. The maximum atomic E-state index is 4.99. The third-order valence-corrected chi connectivity index (χ3v) is 9.50. The van der Waals surface area contributed by atoms with Crippen molar-refractivity contribution in [3.63, 3.8) is 0 Å². The van der Waals surface area contributed by atoms with Crippen LogP contribution >= 0.6 is 11.3 Å². The van der Waals surface area contributed by atoms with Gasteiger partial charge in [0.25, 0.3) is 0 Å². The molecule has 0 N–H and O–H groups in total. The first-order valence-electron chi connectivity index (χ1n) is 15.3. The lowest BCUT2D eigenvalue weighted by Crippen LogP contribution is -2.00. The number of benzene rings is 6. The van der Waals surface area contributed by atoms with Crippen LogP contribution in [-0.4, -0.2) is 19.5 Å². The molecule has 0 aliphatic carbocycles. The molecule has 0 bridgehead atoms. The minimum absolute atomic E-state index is 0.644. The summed E-state index contributed by atoms with van der Waals surface area (Å²) >= 11 is 1.80. The van der Waals surface area contributed by atoms with Crippen molar-refractivity contribution in [2.75, 3.05) is 0 Å². The Labute approximate surface area is 269 Å². The standard InChI is InChI=1S/C41H26N4S/c1-3-9-27(10-4-1)28-15-17-31(18-16-28)40-42-39(30-11-5-2-6-12-30)43-41(44-40)32-19-22-33(23-20-32)45-35-14-8-7-13-34(35)37-36(45)24-21-29-25-26-46-38(29)37/h1-26H. The van der Waals surface area contributed by atoms with Crippen LogP contribution in [-0.2, 0) is 0 Å². The lowest BCUT2D eigenvalue weighted by Gasteiger charge is -2.11. The van der Waals surface area contributed by atoms with Gasteiger partial charge in [0.15, 0.2) is 17.5 Å². The molecule has 0 amide bonds. The van der Waals surface area contributed by atoms with E-state index in [2.05, 4.69) is 125 Å². The first-order chi connectivity index (χ1) is 22.8. The molecule has 0 radical (unpaired) electrons. The van der Waals surface area contributed by atoms with E-state index in [0.717, 1.165) is 27.9 Å². The van der Waals surface area contributed by atoms with E-state index in [1.54, 1.807) is 11.3 Å². The second-order valence-electron chi connectivity index (χ2n) is 11.3. The van der Waals surface area contributed by atoms with E-state index in [1.807, 2.05) is 36.4 Å².